The average Bonchev–Trinajstić information content (AvgIpc) is 3.24. The average molecular weight is 466 g/mol. The lowest BCUT2D eigenvalue weighted by Crippen LogP contribution is -2.26. The van der Waals surface area contributed by atoms with E-state index in [0.717, 1.165) is 16.7 Å². The fraction of sp³-hybridized carbons (Fsp3) is 0.125. The summed E-state index contributed by atoms with van der Waals surface area (Å²) in [6.07, 6.45) is 1.64. The number of thioether (sulfide) groups is 1. The smallest absolute Gasteiger partial charge is 0.263 e. The Hall–Kier alpha value is -3.23. The minimum absolute atomic E-state index is 0.104. The van der Waals surface area contributed by atoms with Crippen LogP contribution in [0.4, 0.5) is 4.39 Å². The highest BCUT2D eigenvalue weighted by atomic mass is 32.2. The van der Waals surface area contributed by atoms with Crippen molar-refractivity contribution in [1.82, 2.24) is 14.9 Å². The molecule has 0 radical (unpaired) electrons. The van der Waals surface area contributed by atoms with Crippen LogP contribution in [0.2, 0.25) is 0 Å². The number of carbonyl (C=O) groups is 1. The van der Waals surface area contributed by atoms with E-state index in [4.69, 9.17) is 0 Å². The Morgan fingerprint density at radius 2 is 1.94 bits per heavy atom. The fourth-order valence-electron chi connectivity index (χ4n) is 3.22. The lowest BCUT2D eigenvalue weighted by Gasteiger charge is -2.11. The van der Waals surface area contributed by atoms with Crippen molar-refractivity contribution >= 4 is 39.2 Å². The van der Waals surface area contributed by atoms with E-state index in [1.807, 2.05) is 35.7 Å². The molecule has 0 saturated heterocycles. The number of amides is 1. The Morgan fingerprint density at radius 3 is 2.66 bits per heavy atom. The molecule has 2 aromatic heterocycles. The molecule has 0 aliphatic carbocycles. The number of benzene rings is 2. The van der Waals surface area contributed by atoms with Gasteiger partial charge in [0, 0.05) is 24.0 Å². The molecule has 2 heterocycles. The van der Waals surface area contributed by atoms with Gasteiger partial charge in [0.05, 0.1) is 11.1 Å². The van der Waals surface area contributed by atoms with E-state index in [2.05, 4.69) is 16.9 Å². The Balaban J connectivity index is 1.55. The molecule has 0 aliphatic heterocycles. The maximum Gasteiger partial charge on any atom is 0.263 e. The molecule has 1 amide bonds. The quantitative estimate of drug-likeness (QED) is 0.229. The number of hydrogen-bond donors (Lipinski definition) is 1. The number of rotatable bonds is 8. The first-order chi connectivity index (χ1) is 15.6. The van der Waals surface area contributed by atoms with Crippen LogP contribution in [0.25, 0.3) is 21.3 Å². The Bertz CT molecular complexity index is 1320. The predicted molar refractivity (Wildman–Crippen MR) is 128 cm³/mol. The SMILES string of the molecule is C=CCn1c(SCC(=O)NCc2ccc(F)cc2)nc2scc(-c3ccccc3)c2c1=O. The molecule has 0 aliphatic rings. The van der Waals surface area contributed by atoms with Crippen LogP contribution in [0.3, 0.4) is 0 Å². The van der Waals surface area contributed by atoms with Crippen molar-refractivity contribution in [3.8, 4) is 11.1 Å². The van der Waals surface area contributed by atoms with Gasteiger partial charge in [0.1, 0.15) is 10.6 Å². The van der Waals surface area contributed by atoms with Crippen LogP contribution in [0, 0.1) is 5.82 Å². The van der Waals surface area contributed by atoms with Crippen molar-refractivity contribution in [2.24, 2.45) is 0 Å². The monoisotopic (exact) mass is 465 g/mol. The lowest BCUT2D eigenvalue weighted by atomic mass is 10.1. The van der Waals surface area contributed by atoms with Gasteiger partial charge in [0.2, 0.25) is 5.91 Å². The molecule has 0 spiro atoms. The molecule has 0 atom stereocenters. The molecule has 4 rings (SSSR count). The van der Waals surface area contributed by atoms with Crippen molar-refractivity contribution < 1.29 is 9.18 Å². The van der Waals surface area contributed by atoms with Crippen molar-refractivity contribution in [2.75, 3.05) is 5.75 Å². The summed E-state index contributed by atoms with van der Waals surface area (Å²) in [7, 11) is 0. The molecule has 0 saturated carbocycles. The predicted octanol–water partition coefficient (Wildman–Crippen LogP) is 4.86. The molecule has 8 heteroatoms. The van der Waals surface area contributed by atoms with Gasteiger partial charge in [-0.2, -0.15) is 0 Å². The number of fused-ring (bicyclic) bond motifs is 1. The minimum Gasteiger partial charge on any atom is -0.351 e. The highest BCUT2D eigenvalue weighted by molar-refractivity contribution is 7.99. The second kappa shape index (κ2) is 9.93. The largest absolute Gasteiger partial charge is 0.351 e. The third kappa shape index (κ3) is 4.81. The summed E-state index contributed by atoms with van der Waals surface area (Å²) in [5.41, 5.74) is 2.47. The van der Waals surface area contributed by atoms with Gasteiger partial charge in [0.25, 0.3) is 5.56 Å². The summed E-state index contributed by atoms with van der Waals surface area (Å²) in [4.78, 5) is 31.0. The number of hydrogen-bond acceptors (Lipinski definition) is 5. The topological polar surface area (TPSA) is 64.0 Å². The van der Waals surface area contributed by atoms with Crippen molar-refractivity contribution in [2.45, 2.75) is 18.2 Å². The van der Waals surface area contributed by atoms with Gasteiger partial charge < -0.3 is 5.32 Å². The first kappa shape index (κ1) is 22.0. The zero-order valence-electron chi connectivity index (χ0n) is 17.1. The lowest BCUT2D eigenvalue weighted by molar-refractivity contribution is -0.118. The van der Waals surface area contributed by atoms with Gasteiger partial charge in [0.15, 0.2) is 5.16 Å². The minimum atomic E-state index is -0.318. The van der Waals surface area contributed by atoms with Gasteiger partial charge >= 0.3 is 0 Å². The van der Waals surface area contributed by atoms with Gasteiger partial charge in [-0.15, -0.1) is 17.9 Å². The van der Waals surface area contributed by atoms with Crippen molar-refractivity contribution in [3.05, 3.63) is 94.4 Å². The van der Waals surface area contributed by atoms with E-state index in [1.165, 1.54) is 35.2 Å². The molecular formula is C24H20FN3O2S2. The fourth-order valence-corrected chi connectivity index (χ4v) is 5.05. The number of carbonyl (C=O) groups excluding carboxylic acids is 1. The molecule has 2 aromatic carbocycles. The van der Waals surface area contributed by atoms with Crippen LogP contribution in [-0.2, 0) is 17.9 Å². The second-order valence-corrected chi connectivity index (χ2v) is 8.79. The molecule has 0 bridgehead atoms. The Labute approximate surface area is 192 Å². The third-order valence-corrected chi connectivity index (χ3v) is 6.64. The third-order valence-electron chi connectivity index (χ3n) is 4.79. The van der Waals surface area contributed by atoms with Gasteiger partial charge in [-0.25, -0.2) is 9.37 Å². The van der Waals surface area contributed by atoms with Crippen molar-refractivity contribution in [3.63, 3.8) is 0 Å². The molecule has 4 aromatic rings. The van der Waals surface area contributed by atoms with E-state index >= 15 is 0 Å². The molecule has 0 fully saturated rings. The summed E-state index contributed by atoms with van der Waals surface area (Å²) >= 11 is 2.62. The Kier molecular flexibility index (Phi) is 6.82. The number of halogens is 1. The van der Waals surface area contributed by atoms with Gasteiger partial charge in [-0.3, -0.25) is 14.2 Å². The molecule has 162 valence electrons. The first-order valence-electron chi connectivity index (χ1n) is 9.89. The number of nitrogens with zero attached hydrogens (tertiary/aromatic N) is 2. The van der Waals surface area contributed by atoms with E-state index in [-0.39, 0.29) is 23.0 Å². The first-order valence-corrected chi connectivity index (χ1v) is 11.8. The van der Waals surface area contributed by atoms with Crippen LogP contribution >= 0.6 is 23.1 Å². The zero-order valence-corrected chi connectivity index (χ0v) is 18.7. The zero-order chi connectivity index (χ0) is 22.5. The molecule has 5 nitrogen and oxygen atoms in total. The normalized spacial score (nSPS) is 10.9. The number of aromatic nitrogens is 2. The van der Waals surface area contributed by atoms with E-state index in [9.17, 15) is 14.0 Å². The second-order valence-electron chi connectivity index (χ2n) is 6.99. The van der Waals surface area contributed by atoms with Crippen LogP contribution in [0.15, 0.2) is 82.6 Å². The molecule has 0 unspecified atom stereocenters. The summed E-state index contributed by atoms with van der Waals surface area (Å²) in [5.74, 6) is -0.413. The van der Waals surface area contributed by atoms with Crippen LogP contribution in [0.1, 0.15) is 5.56 Å². The highest BCUT2D eigenvalue weighted by Gasteiger charge is 2.17. The van der Waals surface area contributed by atoms with Crippen LogP contribution < -0.4 is 10.9 Å². The molecular weight excluding hydrogens is 445 g/mol. The standard InChI is InChI=1S/C24H20FN3O2S2/c1-2-12-28-23(30)21-19(17-6-4-3-5-7-17)14-31-22(21)27-24(28)32-15-20(29)26-13-16-8-10-18(25)11-9-16/h2-11,14H,1,12-13,15H2,(H,26,29). The summed E-state index contributed by atoms with van der Waals surface area (Å²) < 4.78 is 14.6. The number of nitrogens with one attached hydrogen (secondary N) is 1. The van der Waals surface area contributed by atoms with E-state index in [1.54, 1.807) is 22.8 Å². The van der Waals surface area contributed by atoms with Crippen LogP contribution in [-0.4, -0.2) is 21.2 Å². The maximum absolute atomic E-state index is 13.3. The highest BCUT2D eigenvalue weighted by Crippen LogP contribution is 2.32. The summed E-state index contributed by atoms with van der Waals surface area (Å²) in [6.45, 7) is 4.35. The summed E-state index contributed by atoms with van der Waals surface area (Å²) in [6, 6.07) is 15.7. The van der Waals surface area contributed by atoms with Gasteiger partial charge in [-0.1, -0.05) is 60.3 Å². The number of thiophene rings is 1. The van der Waals surface area contributed by atoms with E-state index in [0.29, 0.717) is 28.5 Å². The number of allylic oxidation sites excluding steroid dienone is 1. The molecule has 1 N–H and O–H groups in total. The molecule has 32 heavy (non-hydrogen) atoms. The van der Waals surface area contributed by atoms with Crippen LogP contribution in [0.5, 0.6) is 0 Å². The van der Waals surface area contributed by atoms with Gasteiger partial charge in [-0.05, 0) is 23.3 Å². The Morgan fingerprint density at radius 1 is 1.19 bits per heavy atom. The summed E-state index contributed by atoms with van der Waals surface area (Å²) in [5, 5.41) is 5.79. The van der Waals surface area contributed by atoms with E-state index < -0.39 is 0 Å². The maximum atomic E-state index is 13.3. The van der Waals surface area contributed by atoms with Crippen molar-refractivity contribution in [1.29, 1.82) is 0 Å².